The first-order valence-electron chi connectivity index (χ1n) is 4.74. The van der Waals surface area contributed by atoms with Gasteiger partial charge >= 0.3 is 5.97 Å². The molecule has 3 heteroatoms. The summed E-state index contributed by atoms with van der Waals surface area (Å²) in [7, 11) is 0. The topological polar surface area (TPSA) is 38.3 Å². The normalized spacial score (nSPS) is 38.6. The summed E-state index contributed by atoms with van der Waals surface area (Å²) in [6.45, 7) is 2.37. The van der Waals surface area contributed by atoms with E-state index >= 15 is 0 Å². The monoisotopic (exact) mass is 169 g/mol. The van der Waals surface area contributed by atoms with E-state index in [2.05, 4.69) is 5.32 Å². The first kappa shape index (κ1) is 8.05. The van der Waals surface area contributed by atoms with Gasteiger partial charge in [-0.05, 0) is 26.2 Å². The van der Waals surface area contributed by atoms with Crippen molar-refractivity contribution >= 4 is 5.97 Å². The molecule has 0 unspecified atom stereocenters. The number of fused-ring (bicyclic) bond motifs is 2. The van der Waals surface area contributed by atoms with Crippen LogP contribution in [-0.2, 0) is 9.53 Å². The Balaban J connectivity index is 1.93. The molecule has 3 nitrogen and oxygen atoms in total. The number of nitrogens with one attached hydrogen (secondary N) is 1. The molecule has 2 fully saturated rings. The largest absolute Gasteiger partial charge is 0.466 e. The maximum atomic E-state index is 11.4. The number of hydrogen-bond donors (Lipinski definition) is 1. The van der Waals surface area contributed by atoms with E-state index in [0.29, 0.717) is 18.7 Å². The number of carbonyl (C=O) groups is 1. The predicted octanol–water partition coefficient (Wildman–Crippen LogP) is 0.690. The lowest BCUT2D eigenvalue weighted by Gasteiger charge is -2.17. The molecule has 0 saturated carbocycles. The van der Waals surface area contributed by atoms with Crippen LogP contribution in [0.15, 0.2) is 0 Å². The molecule has 3 atom stereocenters. The minimum atomic E-state index is -0.00259. The van der Waals surface area contributed by atoms with Gasteiger partial charge < -0.3 is 10.1 Å². The first-order chi connectivity index (χ1) is 5.81. The fraction of sp³-hybridized carbons (Fsp3) is 0.889. The van der Waals surface area contributed by atoms with Gasteiger partial charge in [-0.25, -0.2) is 0 Å². The molecule has 0 aromatic carbocycles. The van der Waals surface area contributed by atoms with Crippen molar-refractivity contribution in [2.75, 3.05) is 6.61 Å². The van der Waals surface area contributed by atoms with Crippen LogP contribution in [0.1, 0.15) is 26.2 Å². The minimum Gasteiger partial charge on any atom is -0.466 e. The minimum absolute atomic E-state index is 0.00259. The molecule has 0 amide bonds. The molecule has 2 saturated heterocycles. The maximum Gasteiger partial charge on any atom is 0.310 e. The zero-order valence-electron chi connectivity index (χ0n) is 7.38. The number of esters is 1. The van der Waals surface area contributed by atoms with E-state index in [1.807, 2.05) is 6.92 Å². The summed E-state index contributed by atoms with van der Waals surface area (Å²) in [5.74, 6) is 0.140. The number of ether oxygens (including phenoxy) is 1. The lowest BCUT2D eigenvalue weighted by molar-refractivity contribution is -0.148. The molecule has 12 heavy (non-hydrogen) atoms. The Morgan fingerprint density at radius 1 is 1.58 bits per heavy atom. The highest BCUT2D eigenvalue weighted by molar-refractivity contribution is 5.74. The Hall–Kier alpha value is -0.570. The van der Waals surface area contributed by atoms with Crippen LogP contribution in [0.4, 0.5) is 0 Å². The molecular weight excluding hydrogens is 154 g/mol. The molecular formula is C9H15NO2. The van der Waals surface area contributed by atoms with Crippen molar-refractivity contribution in [2.45, 2.75) is 38.3 Å². The Labute approximate surface area is 72.5 Å². The number of hydrogen-bond acceptors (Lipinski definition) is 3. The van der Waals surface area contributed by atoms with Gasteiger partial charge in [-0.15, -0.1) is 0 Å². The lowest BCUT2D eigenvalue weighted by Crippen LogP contribution is -2.30. The molecule has 2 rings (SSSR count). The smallest absolute Gasteiger partial charge is 0.310 e. The quantitative estimate of drug-likeness (QED) is 0.618. The van der Waals surface area contributed by atoms with Crippen molar-refractivity contribution < 1.29 is 9.53 Å². The zero-order valence-corrected chi connectivity index (χ0v) is 7.38. The average molecular weight is 169 g/mol. The van der Waals surface area contributed by atoms with Gasteiger partial charge in [0.05, 0.1) is 12.5 Å². The summed E-state index contributed by atoms with van der Waals surface area (Å²) in [5.41, 5.74) is 0. The van der Waals surface area contributed by atoms with Gasteiger partial charge in [0.25, 0.3) is 0 Å². The highest BCUT2D eigenvalue weighted by Gasteiger charge is 2.43. The summed E-state index contributed by atoms with van der Waals surface area (Å²) >= 11 is 0. The summed E-state index contributed by atoms with van der Waals surface area (Å²) in [6, 6.07) is 0.999. The third-order valence-corrected chi connectivity index (χ3v) is 2.89. The summed E-state index contributed by atoms with van der Waals surface area (Å²) in [4.78, 5) is 11.4. The highest BCUT2D eigenvalue weighted by atomic mass is 16.5. The second kappa shape index (κ2) is 3.05. The maximum absolute atomic E-state index is 11.4. The van der Waals surface area contributed by atoms with E-state index < -0.39 is 0 Å². The average Bonchev–Trinajstić information content (AvgIpc) is 2.64. The van der Waals surface area contributed by atoms with E-state index in [1.54, 1.807) is 0 Å². The van der Waals surface area contributed by atoms with Crippen LogP contribution >= 0.6 is 0 Å². The molecule has 0 spiro atoms. The molecule has 68 valence electrons. The molecule has 2 aliphatic rings. The Morgan fingerprint density at radius 2 is 2.42 bits per heavy atom. The number of carbonyl (C=O) groups excluding carboxylic acids is 1. The highest BCUT2D eigenvalue weighted by Crippen LogP contribution is 2.33. The molecule has 0 aromatic heterocycles. The standard InChI is InChI=1S/C9H15NO2/c1-2-12-9(11)7-5-6-3-4-8(7)10-6/h6-8,10H,2-5H2,1H3/t6-,7-,8+/m0/s1. The van der Waals surface area contributed by atoms with Crippen LogP contribution in [-0.4, -0.2) is 24.7 Å². The van der Waals surface area contributed by atoms with Gasteiger partial charge in [-0.1, -0.05) is 0 Å². The molecule has 0 aromatic rings. The number of rotatable bonds is 2. The van der Waals surface area contributed by atoms with Gasteiger partial charge in [0.15, 0.2) is 0 Å². The van der Waals surface area contributed by atoms with E-state index in [-0.39, 0.29) is 11.9 Å². The molecule has 2 heterocycles. The second-order valence-corrected chi connectivity index (χ2v) is 3.64. The van der Waals surface area contributed by atoms with E-state index in [1.165, 1.54) is 6.42 Å². The van der Waals surface area contributed by atoms with Gasteiger partial charge in [0, 0.05) is 12.1 Å². The van der Waals surface area contributed by atoms with E-state index in [4.69, 9.17) is 4.74 Å². The van der Waals surface area contributed by atoms with Crippen LogP contribution in [0.2, 0.25) is 0 Å². The Bertz CT molecular complexity index is 193. The predicted molar refractivity (Wildman–Crippen MR) is 44.7 cm³/mol. The van der Waals surface area contributed by atoms with Gasteiger partial charge in [-0.2, -0.15) is 0 Å². The third kappa shape index (κ3) is 1.22. The fourth-order valence-corrected chi connectivity index (χ4v) is 2.33. The Morgan fingerprint density at radius 3 is 2.92 bits per heavy atom. The fourth-order valence-electron chi connectivity index (χ4n) is 2.33. The van der Waals surface area contributed by atoms with Crippen LogP contribution < -0.4 is 5.32 Å². The molecule has 0 aliphatic carbocycles. The van der Waals surface area contributed by atoms with Gasteiger partial charge in [-0.3, -0.25) is 4.79 Å². The lowest BCUT2D eigenvalue weighted by atomic mass is 9.89. The summed E-state index contributed by atoms with van der Waals surface area (Å²) in [6.07, 6.45) is 3.37. The van der Waals surface area contributed by atoms with Crippen molar-refractivity contribution in [3.8, 4) is 0 Å². The SMILES string of the molecule is CCOC(=O)[C@H]1C[C@@H]2CC[C@H]1N2. The summed E-state index contributed by atoms with van der Waals surface area (Å²) in [5, 5.41) is 3.42. The third-order valence-electron chi connectivity index (χ3n) is 2.89. The molecule has 2 bridgehead atoms. The van der Waals surface area contributed by atoms with Crippen molar-refractivity contribution in [3.63, 3.8) is 0 Å². The van der Waals surface area contributed by atoms with E-state index in [0.717, 1.165) is 12.8 Å². The van der Waals surface area contributed by atoms with Crippen molar-refractivity contribution in [2.24, 2.45) is 5.92 Å². The zero-order chi connectivity index (χ0) is 8.55. The molecule has 2 aliphatic heterocycles. The van der Waals surface area contributed by atoms with E-state index in [9.17, 15) is 4.79 Å². The van der Waals surface area contributed by atoms with Crippen LogP contribution in [0.3, 0.4) is 0 Å². The van der Waals surface area contributed by atoms with Crippen molar-refractivity contribution in [1.82, 2.24) is 5.32 Å². The summed E-state index contributed by atoms with van der Waals surface area (Å²) < 4.78 is 5.00. The molecule has 0 radical (unpaired) electrons. The second-order valence-electron chi connectivity index (χ2n) is 3.64. The molecule has 1 N–H and O–H groups in total. The first-order valence-corrected chi connectivity index (χ1v) is 4.74. The van der Waals surface area contributed by atoms with Gasteiger partial charge in [0.2, 0.25) is 0 Å². The Kier molecular flexibility index (Phi) is 2.05. The van der Waals surface area contributed by atoms with Crippen molar-refractivity contribution in [3.05, 3.63) is 0 Å². The van der Waals surface area contributed by atoms with Crippen LogP contribution in [0.25, 0.3) is 0 Å². The van der Waals surface area contributed by atoms with Gasteiger partial charge in [0.1, 0.15) is 0 Å². The van der Waals surface area contributed by atoms with Crippen LogP contribution in [0, 0.1) is 5.92 Å². The van der Waals surface area contributed by atoms with Crippen LogP contribution in [0.5, 0.6) is 0 Å². The van der Waals surface area contributed by atoms with Crippen molar-refractivity contribution in [1.29, 1.82) is 0 Å².